The molecule has 0 atom stereocenters. The molecule has 1 N–H and O–H groups in total. The Morgan fingerprint density at radius 2 is 2.06 bits per heavy atom. The van der Waals surface area contributed by atoms with E-state index in [0.29, 0.717) is 0 Å². The van der Waals surface area contributed by atoms with Crippen LogP contribution < -0.4 is 11.2 Å². The first-order valence-corrected chi connectivity index (χ1v) is 5.31. The molecule has 94 valence electrons. The molecular formula is C11H11N3O4. The molecule has 0 saturated carbocycles. The van der Waals surface area contributed by atoms with Crippen LogP contribution in [-0.4, -0.2) is 25.2 Å². The second-order valence-corrected chi connectivity index (χ2v) is 3.76. The quantitative estimate of drug-likeness (QED) is 0.796. The predicted molar refractivity (Wildman–Crippen MR) is 63.9 cm³/mol. The minimum absolute atomic E-state index is 0.0783. The van der Waals surface area contributed by atoms with E-state index in [4.69, 9.17) is 5.11 Å². The summed E-state index contributed by atoms with van der Waals surface area (Å²) in [5, 5.41) is 9.07. The number of hydrogen-bond acceptors (Lipinski definition) is 4. The molecule has 2 aromatic rings. The van der Waals surface area contributed by atoms with E-state index in [1.807, 2.05) is 0 Å². The van der Waals surface area contributed by atoms with Crippen molar-refractivity contribution in [1.82, 2.24) is 14.1 Å². The van der Waals surface area contributed by atoms with Gasteiger partial charge in [0.15, 0.2) is 5.69 Å². The van der Waals surface area contributed by atoms with Crippen molar-refractivity contribution in [3.8, 4) is 0 Å². The number of nitrogens with zero attached hydrogens (tertiary/aromatic N) is 3. The maximum absolute atomic E-state index is 12.0. The molecule has 0 bridgehead atoms. The van der Waals surface area contributed by atoms with E-state index in [1.54, 1.807) is 6.92 Å². The molecule has 0 amide bonds. The van der Waals surface area contributed by atoms with Gasteiger partial charge in [0.1, 0.15) is 5.65 Å². The molecule has 7 nitrogen and oxygen atoms in total. The molecule has 0 spiro atoms. The van der Waals surface area contributed by atoms with Crippen molar-refractivity contribution in [2.75, 3.05) is 0 Å². The molecule has 7 heteroatoms. The highest BCUT2D eigenvalue weighted by atomic mass is 16.4. The summed E-state index contributed by atoms with van der Waals surface area (Å²) in [7, 11) is 1.45. The molecule has 2 rings (SSSR count). The first-order chi connectivity index (χ1) is 8.47. The van der Waals surface area contributed by atoms with Crippen molar-refractivity contribution in [1.29, 1.82) is 0 Å². The number of aromatic nitrogens is 3. The van der Waals surface area contributed by atoms with Gasteiger partial charge in [-0.2, -0.15) is 0 Å². The topological polar surface area (TPSA) is 94.2 Å². The second-order valence-electron chi connectivity index (χ2n) is 3.76. The zero-order chi connectivity index (χ0) is 13.4. The number of carboxylic acid groups (broad SMARTS) is 1. The van der Waals surface area contributed by atoms with E-state index in [9.17, 15) is 14.4 Å². The Morgan fingerprint density at radius 3 is 2.61 bits per heavy atom. The van der Waals surface area contributed by atoms with Gasteiger partial charge in [0.25, 0.3) is 5.56 Å². The van der Waals surface area contributed by atoms with Crippen LogP contribution in [0.3, 0.4) is 0 Å². The Hall–Kier alpha value is -2.44. The lowest BCUT2D eigenvalue weighted by Crippen LogP contribution is -2.39. The third kappa shape index (κ3) is 1.60. The summed E-state index contributed by atoms with van der Waals surface area (Å²) in [5.74, 6) is -1.20. The molecule has 18 heavy (non-hydrogen) atoms. The minimum atomic E-state index is -1.20. The Kier molecular flexibility index (Phi) is 2.74. The van der Waals surface area contributed by atoms with Gasteiger partial charge in [-0.1, -0.05) is 0 Å². The number of rotatable bonds is 2. The normalized spacial score (nSPS) is 10.8. The molecule has 0 aliphatic rings. The maximum Gasteiger partial charge on any atom is 0.354 e. The van der Waals surface area contributed by atoms with Crippen LogP contribution in [0.5, 0.6) is 0 Å². The number of hydrogen-bond donors (Lipinski definition) is 1. The van der Waals surface area contributed by atoms with Crippen LogP contribution >= 0.6 is 0 Å². The average Bonchev–Trinajstić information content (AvgIpc) is 2.36. The van der Waals surface area contributed by atoms with E-state index >= 15 is 0 Å². The van der Waals surface area contributed by atoms with E-state index in [0.717, 1.165) is 4.57 Å². The molecule has 0 radical (unpaired) electrons. The fourth-order valence-electron chi connectivity index (χ4n) is 1.77. The Labute approximate surface area is 101 Å². The van der Waals surface area contributed by atoms with Crippen LogP contribution in [-0.2, 0) is 13.6 Å². The fraction of sp³-hybridized carbons (Fsp3) is 0.273. The maximum atomic E-state index is 12.0. The summed E-state index contributed by atoms with van der Waals surface area (Å²) < 4.78 is 2.25. The SMILES string of the molecule is CCn1c(=O)c2ccc(C(=O)O)nc2n(C)c1=O. The first kappa shape index (κ1) is 12.0. The van der Waals surface area contributed by atoms with Gasteiger partial charge in [-0.3, -0.25) is 13.9 Å². The number of aryl methyl sites for hydroxylation is 1. The van der Waals surface area contributed by atoms with Gasteiger partial charge < -0.3 is 5.11 Å². The predicted octanol–water partition coefficient (Wildman–Crippen LogP) is -0.187. The smallest absolute Gasteiger partial charge is 0.354 e. The Bertz CT molecular complexity index is 757. The van der Waals surface area contributed by atoms with Gasteiger partial charge in [0, 0.05) is 13.6 Å². The van der Waals surface area contributed by atoms with E-state index in [1.165, 1.54) is 23.7 Å². The minimum Gasteiger partial charge on any atom is -0.477 e. The van der Waals surface area contributed by atoms with Gasteiger partial charge in [-0.25, -0.2) is 14.6 Å². The van der Waals surface area contributed by atoms with E-state index in [-0.39, 0.29) is 23.3 Å². The molecule has 0 fully saturated rings. The summed E-state index contributed by atoms with van der Waals surface area (Å²) in [4.78, 5) is 38.5. The van der Waals surface area contributed by atoms with Gasteiger partial charge in [-0.15, -0.1) is 0 Å². The van der Waals surface area contributed by atoms with Crippen molar-refractivity contribution < 1.29 is 9.90 Å². The molecule has 0 saturated heterocycles. The summed E-state index contributed by atoms with van der Waals surface area (Å²) in [6, 6.07) is 2.62. The van der Waals surface area contributed by atoms with Crippen LogP contribution in [0, 0.1) is 0 Å². The van der Waals surface area contributed by atoms with Crippen molar-refractivity contribution in [2.24, 2.45) is 7.05 Å². The second kappa shape index (κ2) is 4.10. The van der Waals surface area contributed by atoms with Gasteiger partial charge in [0.2, 0.25) is 0 Å². The molecule has 0 unspecified atom stereocenters. The van der Waals surface area contributed by atoms with Crippen LogP contribution in [0.2, 0.25) is 0 Å². The highest BCUT2D eigenvalue weighted by molar-refractivity contribution is 5.88. The highest BCUT2D eigenvalue weighted by Crippen LogP contribution is 2.06. The van der Waals surface area contributed by atoms with Crippen molar-refractivity contribution in [3.63, 3.8) is 0 Å². The molecular weight excluding hydrogens is 238 g/mol. The average molecular weight is 249 g/mol. The highest BCUT2D eigenvalue weighted by Gasteiger charge is 2.13. The largest absolute Gasteiger partial charge is 0.477 e. The van der Waals surface area contributed by atoms with Gasteiger partial charge >= 0.3 is 11.7 Å². The number of carbonyl (C=O) groups is 1. The fourth-order valence-corrected chi connectivity index (χ4v) is 1.77. The monoisotopic (exact) mass is 249 g/mol. The van der Waals surface area contributed by atoms with Crippen molar-refractivity contribution >= 4 is 17.0 Å². The molecule has 0 aliphatic heterocycles. The standard InChI is InChI=1S/C11H11N3O4/c1-3-14-9(15)6-4-5-7(10(16)17)12-8(6)13(2)11(14)18/h4-5H,3H2,1-2H3,(H,16,17). The van der Waals surface area contributed by atoms with Crippen molar-refractivity contribution in [3.05, 3.63) is 38.7 Å². The van der Waals surface area contributed by atoms with Gasteiger partial charge in [-0.05, 0) is 19.1 Å². The van der Waals surface area contributed by atoms with E-state index < -0.39 is 17.2 Å². The van der Waals surface area contributed by atoms with Crippen LogP contribution in [0.25, 0.3) is 11.0 Å². The number of pyridine rings is 1. The third-order valence-electron chi connectivity index (χ3n) is 2.72. The lowest BCUT2D eigenvalue weighted by Gasteiger charge is -2.08. The zero-order valence-electron chi connectivity index (χ0n) is 9.88. The Morgan fingerprint density at radius 1 is 1.39 bits per heavy atom. The summed E-state index contributed by atoms with van der Waals surface area (Å²) in [5.41, 5.74) is -1.09. The molecule has 2 aromatic heterocycles. The lowest BCUT2D eigenvalue weighted by molar-refractivity contribution is 0.0691. The summed E-state index contributed by atoms with van der Waals surface area (Å²) in [6.45, 7) is 1.94. The molecule has 0 aromatic carbocycles. The van der Waals surface area contributed by atoms with Crippen LogP contribution in [0.4, 0.5) is 0 Å². The first-order valence-electron chi connectivity index (χ1n) is 5.31. The summed E-state index contributed by atoms with van der Waals surface area (Å²) in [6.07, 6.45) is 0. The molecule has 0 aliphatic carbocycles. The summed E-state index contributed by atoms with van der Waals surface area (Å²) >= 11 is 0. The van der Waals surface area contributed by atoms with Gasteiger partial charge in [0.05, 0.1) is 5.39 Å². The van der Waals surface area contributed by atoms with Crippen LogP contribution in [0.15, 0.2) is 21.7 Å². The third-order valence-corrected chi connectivity index (χ3v) is 2.72. The van der Waals surface area contributed by atoms with E-state index in [2.05, 4.69) is 4.98 Å². The zero-order valence-corrected chi connectivity index (χ0v) is 9.88. The number of aromatic carboxylic acids is 1. The Balaban J connectivity index is 2.99. The van der Waals surface area contributed by atoms with Crippen LogP contribution in [0.1, 0.15) is 17.4 Å². The van der Waals surface area contributed by atoms with Crippen molar-refractivity contribution in [2.45, 2.75) is 13.5 Å². The number of fused-ring (bicyclic) bond motifs is 1. The number of carboxylic acids is 1. The molecule has 2 heterocycles. The lowest BCUT2D eigenvalue weighted by atomic mass is 10.3.